The molecular weight excluding hydrogens is 306 g/mol. The van der Waals surface area contributed by atoms with Gasteiger partial charge in [-0.05, 0) is 33.4 Å². The predicted octanol–water partition coefficient (Wildman–Crippen LogP) is 2.20. The van der Waals surface area contributed by atoms with Gasteiger partial charge in [0.2, 0.25) is 0 Å². The van der Waals surface area contributed by atoms with Gasteiger partial charge in [-0.3, -0.25) is 4.90 Å². The molecule has 0 spiro atoms. The van der Waals surface area contributed by atoms with Crippen LogP contribution in [0.3, 0.4) is 0 Å². The van der Waals surface area contributed by atoms with Crippen LogP contribution in [-0.2, 0) is 9.53 Å². The van der Waals surface area contributed by atoms with Crippen LogP contribution in [0.1, 0.15) is 32.4 Å². The molecule has 0 saturated heterocycles. The Kier molecular flexibility index (Phi) is 5.98. The number of benzene rings is 1. The van der Waals surface area contributed by atoms with Crippen LogP contribution in [0, 0.1) is 0 Å². The van der Waals surface area contributed by atoms with Gasteiger partial charge in [-0.1, -0.05) is 30.3 Å². The Morgan fingerprint density at radius 1 is 1.33 bits per heavy atom. The number of hydrogen-bond donors (Lipinski definition) is 2. The zero-order valence-electron chi connectivity index (χ0n) is 14.6. The number of carbonyl (C=O) groups excluding carboxylic acids is 2. The third-order valence-electron chi connectivity index (χ3n) is 4.22. The monoisotopic (exact) mass is 331 g/mol. The van der Waals surface area contributed by atoms with E-state index in [0.717, 1.165) is 0 Å². The summed E-state index contributed by atoms with van der Waals surface area (Å²) < 4.78 is 5.14. The third kappa shape index (κ3) is 4.14. The molecule has 6 heteroatoms. The fourth-order valence-electron chi connectivity index (χ4n) is 2.78. The number of amides is 2. The lowest BCUT2D eigenvalue weighted by Gasteiger charge is -2.31. The summed E-state index contributed by atoms with van der Waals surface area (Å²) in [5.74, 6) is -0.395. The van der Waals surface area contributed by atoms with Gasteiger partial charge in [-0.2, -0.15) is 0 Å². The number of carbonyl (C=O) groups is 2. The average Bonchev–Trinajstić information content (AvgIpc) is 2.54. The van der Waals surface area contributed by atoms with E-state index in [-0.39, 0.29) is 18.1 Å². The molecule has 0 radical (unpaired) electrons. The number of urea groups is 1. The number of rotatable bonds is 6. The van der Waals surface area contributed by atoms with Gasteiger partial charge in [0.1, 0.15) is 0 Å². The molecule has 130 valence electrons. The van der Waals surface area contributed by atoms with Crippen molar-refractivity contribution in [2.24, 2.45) is 0 Å². The number of ether oxygens (including phenoxy) is 1. The lowest BCUT2D eigenvalue weighted by Crippen LogP contribution is -2.51. The highest BCUT2D eigenvalue weighted by Crippen LogP contribution is 2.21. The number of nitrogens with one attached hydrogen (secondary N) is 2. The van der Waals surface area contributed by atoms with Gasteiger partial charge in [0.05, 0.1) is 18.2 Å². The van der Waals surface area contributed by atoms with Crippen LogP contribution in [0.2, 0.25) is 0 Å². The quantitative estimate of drug-likeness (QED) is 0.784. The van der Waals surface area contributed by atoms with Crippen molar-refractivity contribution in [1.82, 2.24) is 15.5 Å². The van der Waals surface area contributed by atoms with Crippen molar-refractivity contribution in [3.8, 4) is 0 Å². The molecule has 0 saturated carbocycles. The fraction of sp³-hybridized carbons (Fsp3) is 0.444. The van der Waals surface area contributed by atoms with Crippen LogP contribution in [0.4, 0.5) is 4.79 Å². The highest BCUT2D eigenvalue weighted by Gasteiger charge is 2.30. The fourth-order valence-corrected chi connectivity index (χ4v) is 2.78. The van der Waals surface area contributed by atoms with Crippen LogP contribution in [0.5, 0.6) is 0 Å². The van der Waals surface area contributed by atoms with Crippen molar-refractivity contribution in [2.45, 2.75) is 32.9 Å². The molecule has 1 aromatic rings. The van der Waals surface area contributed by atoms with E-state index < -0.39 is 5.97 Å². The Bertz CT molecular complexity index is 628. The summed E-state index contributed by atoms with van der Waals surface area (Å²) in [5, 5.41) is 5.47. The molecule has 0 aromatic heterocycles. The summed E-state index contributed by atoms with van der Waals surface area (Å²) >= 11 is 0. The van der Waals surface area contributed by atoms with E-state index in [1.807, 2.05) is 25.2 Å². The van der Waals surface area contributed by atoms with E-state index in [9.17, 15) is 9.59 Å². The molecule has 1 aromatic carbocycles. The standard InChI is InChI=1S/C18H25N3O3/c1-5-24-17(22)16-12(2)19-18(23)20-15(16)11-21(4)13(3)14-9-7-6-8-10-14/h6-10,12-13H,5,11H2,1-4H3,(H2,19,20,23)/t12-,13+/m1/s1. The Morgan fingerprint density at radius 3 is 2.62 bits per heavy atom. The molecule has 2 rings (SSSR count). The van der Waals surface area contributed by atoms with Crippen LogP contribution < -0.4 is 10.6 Å². The Hall–Kier alpha value is -2.34. The van der Waals surface area contributed by atoms with Gasteiger partial charge < -0.3 is 15.4 Å². The first-order chi connectivity index (χ1) is 11.4. The van der Waals surface area contributed by atoms with Crippen molar-refractivity contribution in [2.75, 3.05) is 20.2 Å². The van der Waals surface area contributed by atoms with Gasteiger partial charge in [-0.15, -0.1) is 0 Å². The predicted molar refractivity (Wildman–Crippen MR) is 92.3 cm³/mol. The summed E-state index contributed by atoms with van der Waals surface area (Å²) in [5.41, 5.74) is 2.24. The van der Waals surface area contributed by atoms with E-state index >= 15 is 0 Å². The normalized spacial score (nSPS) is 18.9. The zero-order chi connectivity index (χ0) is 17.7. The molecule has 24 heavy (non-hydrogen) atoms. The highest BCUT2D eigenvalue weighted by molar-refractivity contribution is 5.94. The lowest BCUT2D eigenvalue weighted by atomic mass is 10.0. The van der Waals surface area contributed by atoms with E-state index in [4.69, 9.17) is 4.74 Å². The first kappa shape index (κ1) is 18.0. The molecule has 2 amide bonds. The Balaban J connectivity index is 2.23. The maximum atomic E-state index is 12.3. The molecule has 0 bridgehead atoms. The van der Waals surface area contributed by atoms with Crippen LogP contribution in [-0.4, -0.2) is 43.1 Å². The molecule has 0 unspecified atom stereocenters. The third-order valence-corrected chi connectivity index (χ3v) is 4.22. The maximum absolute atomic E-state index is 12.3. The number of hydrogen-bond acceptors (Lipinski definition) is 4. The summed E-state index contributed by atoms with van der Waals surface area (Å²) in [7, 11) is 1.96. The van der Waals surface area contributed by atoms with E-state index in [2.05, 4.69) is 34.6 Å². The van der Waals surface area contributed by atoms with Crippen LogP contribution in [0.15, 0.2) is 41.6 Å². The summed E-state index contributed by atoms with van der Waals surface area (Å²) in [6, 6.07) is 9.56. The summed E-state index contributed by atoms with van der Waals surface area (Å²) in [4.78, 5) is 26.1. The van der Waals surface area contributed by atoms with Crippen LogP contribution >= 0.6 is 0 Å². The number of nitrogens with zero attached hydrogens (tertiary/aromatic N) is 1. The molecule has 0 aliphatic carbocycles. The minimum atomic E-state index is -0.395. The van der Waals surface area contributed by atoms with Crippen molar-refractivity contribution in [3.05, 3.63) is 47.2 Å². The average molecular weight is 331 g/mol. The van der Waals surface area contributed by atoms with Crippen molar-refractivity contribution in [1.29, 1.82) is 0 Å². The summed E-state index contributed by atoms with van der Waals surface area (Å²) in [6.07, 6.45) is 0. The Labute approximate surface area is 142 Å². The molecule has 1 aliphatic rings. The first-order valence-electron chi connectivity index (χ1n) is 8.16. The molecule has 2 N–H and O–H groups in total. The number of esters is 1. The molecule has 1 aliphatic heterocycles. The Morgan fingerprint density at radius 2 is 2.00 bits per heavy atom. The molecule has 1 heterocycles. The smallest absolute Gasteiger partial charge is 0.337 e. The minimum absolute atomic E-state index is 0.143. The second-order valence-corrected chi connectivity index (χ2v) is 5.93. The maximum Gasteiger partial charge on any atom is 0.337 e. The van der Waals surface area contributed by atoms with E-state index in [1.165, 1.54) is 5.56 Å². The summed E-state index contributed by atoms with van der Waals surface area (Å²) in [6.45, 7) is 6.38. The van der Waals surface area contributed by atoms with Crippen molar-refractivity contribution < 1.29 is 14.3 Å². The second-order valence-electron chi connectivity index (χ2n) is 5.93. The lowest BCUT2D eigenvalue weighted by molar-refractivity contribution is -0.139. The number of likely N-dealkylation sites (N-methyl/N-ethyl adjacent to an activating group) is 1. The van der Waals surface area contributed by atoms with Crippen molar-refractivity contribution in [3.63, 3.8) is 0 Å². The second kappa shape index (κ2) is 7.97. The van der Waals surface area contributed by atoms with E-state index in [0.29, 0.717) is 24.4 Å². The largest absolute Gasteiger partial charge is 0.463 e. The minimum Gasteiger partial charge on any atom is -0.463 e. The van der Waals surface area contributed by atoms with Gasteiger partial charge in [0.15, 0.2) is 0 Å². The molecular formula is C18H25N3O3. The van der Waals surface area contributed by atoms with Crippen LogP contribution in [0.25, 0.3) is 0 Å². The topological polar surface area (TPSA) is 70.7 Å². The molecule has 0 fully saturated rings. The zero-order valence-corrected chi connectivity index (χ0v) is 14.6. The SMILES string of the molecule is CCOC(=O)C1=C(CN(C)[C@@H](C)c2ccccc2)NC(=O)N[C@@H]1C. The van der Waals surface area contributed by atoms with Gasteiger partial charge in [0.25, 0.3) is 0 Å². The highest BCUT2D eigenvalue weighted by atomic mass is 16.5. The van der Waals surface area contributed by atoms with Gasteiger partial charge in [0, 0.05) is 18.3 Å². The first-order valence-corrected chi connectivity index (χ1v) is 8.16. The molecule has 2 atom stereocenters. The molecule has 6 nitrogen and oxygen atoms in total. The van der Waals surface area contributed by atoms with Gasteiger partial charge >= 0.3 is 12.0 Å². The van der Waals surface area contributed by atoms with Gasteiger partial charge in [-0.25, -0.2) is 9.59 Å². The van der Waals surface area contributed by atoms with E-state index in [1.54, 1.807) is 13.8 Å². The van der Waals surface area contributed by atoms with Crippen molar-refractivity contribution >= 4 is 12.0 Å².